The van der Waals surface area contributed by atoms with Crippen molar-refractivity contribution in [3.8, 4) is 0 Å². The summed E-state index contributed by atoms with van der Waals surface area (Å²) in [5.74, 6) is -0.150. The minimum atomic E-state index is -0.497. The molecule has 1 aliphatic heterocycles. The lowest BCUT2D eigenvalue weighted by atomic mass is 10.0. The molecule has 0 bridgehead atoms. The summed E-state index contributed by atoms with van der Waals surface area (Å²) in [5.41, 5.74) is 0. The number of hydrogen-bond acceptors (Lipinski definition) is 4. The second-order valence-corrected chi connectivity index (χ2v) is 10.4. The minimum absolute atomic E-state index is 0.0416. The van der Waals surface area contributed by atoms with Crippen LogP contribution in [0.3, 0.4) is 0 Å². The number of carbonyl (C=O) groups excluding carboxylic acids is 2. The van der Waals surface area contributed by atoms with Crippen molar-refractivity contribution < 1.29 is 14.3 Å². The molecule has 1 unspecified atom stereocenters. The third-order valence-corrected chi connectivity index (χ3v) is 7.13. The van der Waals surface area contributed by atoms with Crippen LogP contribution >= 0.6 is 0 Å². The number of hydrogen-bond donors (Lipinski definition) is 0. The fourth-order valence-corrected chi connectivity index (χ4v) is 4.85. The van der Waals surface area contributed by atoms with Crippen molar-refractivity contribution in [2.45, 2.75) is 161 Å². The lowest BCUT2D eigenvalue weighted by molar-refractivity contribution is -0.163. The Morgan fingerprint density at radius 1 is 0.829 bits per heavy atom. The van der Waals surface area contributed by atoms with E-state index in [-0.39, 0.29) is 11.9 Å². The summed E-state index contributed by atoms with van der Waals surface area (Å²) in [4.78, 5) is 30.2. The second kappa shape index (κ2) is 23.0. The topological polar surface area (TPSA) is 59.0 Å². The molecule has 0 aromatic heterocycles. The van der Waals surface area contributed by atoms with Gasteiger partial charge in [0.1, 0.15) is 0 Å². The zero-order valence-electron chi connectivity index (χ0n) is 23.2. The first-order valence-electron chi connectivity index (χ1n) is 15.1. The number of esters is 1. The summed E-state index contributed by atoms with van der Waals surface area (Å²) in [5, 5.41) is 0. The molecule has 1 aliphatic rings. The van der Waals surface area contributed by atoms with Gasteiger partial charge in [0.2, 0.25) is 5.91 Å². The predicted molar refractivity (Wildman–Crippen MR) is 148 cm³/mol. The van der Waals surface area contributed by atoms with Gasteiger partial charge in [-0.05, 0) is 26.0 Å². The molecule has 204 valence electrons. The fourth-order valence-electron chi connectivity index (χ4n) is 4.85. The first kappa shape index (κ1) is 31.6. The lowest BCUT2D eigenvalue weighted by Gasteiger charge is -2.29. The van der Waals surface area contributed by atoms with E-state index in [1.54, 1.807) is 11.8 Å². The van der Waals surface area contributed by atoms with Gasteiger partial charge in [-0.15, -0.1) is 0 Å². The van der Waals surface area contributed by atoms with Crippen LogP contribution in [0, 0.1) is 0 Å². The normalized spacial score (nSPS) is 16.1. The summed E-state index contributed by atoms with van der Waals surface area (Å²) >= 11 is 0. The Kier molecular flexibility index (Phi) is 20.8. The van der Waals surface area contributed by atoms with Crippen molar-refractivity contribution in [2.75, 3.05) is 13.1 Å². The Morgan fingerprint density at radius 2 is 1.29 bits per heavy atom. The summed E-state index contributed by atoms with van der Waals surface area (Å²) in [6.07, 6.45) is 28.4. The Hall–Kier alpha value is -1.39. The number of amides is 1. The summed E-state index contributed by atoms with van der Waals surface area (Å²) in [7, 11) is 0. The maximum Gasteiger partial charge on any atom is 0.307 e. The Labute approximate surface area is 216 Å². The molecule has 0 saturated carbocycles. The van der Waals surface area contributed by atoms with E-state index in [1.807, 2.05) is 6.21 Å². The third-order valence-electron chi connectivity index (χ3n) is 7.13. The molecule has 1 amide bonds. The Bertz CT molecular complexity index is 550. The van der Waals surface area contributed by atoms with Crippen LogP contribution in [0.1, 0.15) is 155 Å². The standard InChI is InChI=1S/C30H56N2O3/c1-3-4-5-6-7-8-9-10-11-12-13-14-15-16-17-18-19-20-21-24-30(34)35-28(2)32-27-26-31-25-22-23-29(32)33/h25,28H,3-24,26-27H2,1-2H3/b31-25-. The Balaban J connectivity index is 1.84. The van der Waals surface area contributed by atoms with Gasteiger partial charge < -0.3 is 9.64 Å². The molecule has 0 aliphatic carbocycles. The van der Waals surface area contributed by atoms with Crippen LogP contribution in [0.5, 0.6) is 0 Å². The second-order valence-electron chi connectivity index (χ2n) is 10.4. The van der Waals surface area contributed by atoms with Crippen LogP contribution in [-0.2, 0) is 14.3 Å². The van der Waals surface area contributed by atoms with Crippen LogP contribution < -0.4 is 0 Å². The van der Waals surface area contributed by atoms with Gasteiger partial charge in [0.05, 0.1) is 6.54 Å². The van der Waals surface area contributed by atoms with Gasteiger partial charge >= 0.3 is 5.97 Å². The number of aliphatic imine (C=N–C) groups is 1. The summed E-state index contributed by atoms with van der Waals surface area (Å²) in [6.45, 7) is 5.17. The maximum absolute atomic E-state index is 12.2. The molecule has 0 spiro atoms. The molecule has 1 heterocycles. The maximum atomic E-state index is 12.2. The highest BCUT2D eigenvalue weighted by Gasteiger charge is 2.22. The van der Waals surface area contributed by atoms with E-state index in [4.69, 9.17) is 4.74 Å². The molecule has 0 saturated heterocycles. The van der Waals surface area contributed by atoms with Crippen molar-refractivity contribution in [1.29, 1.82) is 0 Å². The van der Waals surface area contributed by atoms with Crippen LogP contribution in [0.2, 0.25) is 0 Å². The minimum Gasteiger partial charge on any atom is -0.442 e. The summed E-state index contributed by atoms with van der Waals surface area (Å²) < 4.78 is 5.51. The van der Waals surface area contributed by atoms with Crippen molar-refractivity contribution in [3.05, 3.63) is 0 Å². The molecule has 0 aromatic rings. The number of rotatable bonds is 22. The molecule has 0 aromatic carbocycles. The molecule has 1 atom stereocenters. The van der Waals surface area contributed by atoms with E-state index >= 15 is 0 Å². The lowest BCUT2D eigenvalue weighted by Crippen LogP contribution is -2.43. The van der Waals surface area contributed by atoms with Gasteiger partial charge in [0.25, 0.3) is 0 Å². The SMILES string of the molecule is CCCCCCCCCCCCCCCCCCCCCC(=O)OC(C)N1CC/N=C\CCC1=O. The monoisotopic (exact) mass is 492 g/mol. The van der Waals surface area contributed by atoms with Crippen LogP contribution in [0.4, 0.5) is 0 Å². The largest absolute Gasteiger partial charge is 0.442 e. The van der Waals surface area contributed by atoms with Gasteiger partial charge in [-0.2, -0.15) is 0 Å². The summed E-state index contributed by atoms with van der Waals surface area (Å²) in [6, 6.07) is 0. The van der Waals surface area contributed by atoms with Gasteiger partial charge in [-0.25, -0.2) is 0 Å². The van der Waals surface area contributed by atoms with Crippen molar-refractivity contribution in [2.24, 2.45) is 4.99 Å². The highest BCUT2D eigenvalue weighted by Crippen LogP contribution is 2.15. The van der Waals surface area contributed by atoms with E-state index in [0.29, 0.717) is 32.4 Å². The van der Waals surface area contributed by atoms with E-state index < -0.39 is 6.23 Å². The molecular weight excluding hydrogens is 436 g/mol. The van der Waals surface area contributed by atoms with Crippen molar-refractivity contribution >= 4 is 18.1 Å². The smallest absolute Gasteiger partial charge is 0.307 e. The average molecular weight is 493 g/mol. The number of carbonyl (C=O) groups is 2. The predicted octanol–water partition coefficient (Wildman–Crippen LogP) is 8.39. The van der Waals surface area contributed by atoms with Crippen LogP contribution in [0.25, 0.3) is 0 Å². The molecule has 5 heteroatoms. The molecule has 35 heavy (non-hydrogen) atoms. The number of ether oxygens (including phenoxy) is 1. The molecule has 5 nitrogen and oxygen atoms in total. The first-order valence-corrected chi connectivity index (χ1v) is 15.1. The van der Waals surface area contributed by atoms with Gasteiger partial charge in [-0.3, -0.25) is 14.6 Å². The number of unbranched alkanes of at least 4 members (excludes halogenated alkanes) is 18. The molecule has 0 fully saturated rings. The van der Waals surface area contributed by atoms with Gasteiger partial charge in [0.15, 0.2) is 6.23 Å². The van der Waals surface area contributed by atoms with Crippen LogP contribution in [0.15, 0.2) is 4.99 Å². The molecule has 0 radical (unpaired) electrons. The zero-order chi connectivity index (χ0) is 25.4. The highest BCUT2D eigenvalue weighted by molar-refractivity contribution is 5.80. The quantitative estimate of drug-likeness (QED) is 0.113. The first-order chi connectivity index (χ1) is 17.1. The van der Waals surface area contributed by atoms with Crippen molar-refractivity contribution in [3.63, 3.8) is 0 Å². The van der Waals surface area contributed by atoms with E-state index in [9.17, 15) is 9.59 Å². The van der Waals surface area contributed by atoms with Crippen LogP contribution in [-0.4, -0.2) is 42.3 Å². The zero-order valence-corrected chi connectivity index (χ0v) is 23.2. The van der Waals surface area contributed by atoms with Crippen molar-refractivity contribution in [1.82, 2.24) is 4.90 Å². The van der Waals surface area contributed by atoms with Gasteiger partial charge in [-0.1, -0.05) is 122 Å². The third kappa shape index (κ3) is 18.5. The molecule has 1 rings (SSSR count). The van der Waals surface area contributed by atoms with E-state index in [0.717, 1.165) is 12.8 Å². The molecule has 0 N–H and O–H groups in total. The fraction of sp³-hybridized carbons (Fsp3) is 0.900. The number of nitrogens with zero attached hydrogens (tertiary/aromatic N) is 2. The van der Waals surface area contributed by atoms with E-state index in [1.165, 1.54) is 109 Å². The van der Waals surface area contributed by atoms with Gasteiger partial charge in [0, 0.05) is 19.4 Å². The highest BCUT2D eigenvalue weighted by atomic mass is 16.6. The Morgan fingerprint density at radius 3 is 1.77 bits per heavy atom. The molecular formula is C30H56N2O3. The average Bonchev–Trinajstić information content (AvgIpc) is 2.83. The van der Waals surface area contributed by atoms with E-state index in [2.05, 4.69) is 11.9 Å².